The van der Waals surface area contributed by atoms with Crippen LogP contribution in [0.15, 0.2) is 42.6 Å². The van der Waals surface area contributed by atoms with E-state index in [2.05, 4.69) is 15.2 Å². The zero-order valence-corrected chi connectivity index (χ0v) is 15.7. The van der Waals surface area contributed by atoms with E-state index in [1.165, 1.54) is 19.1 Å². The minimum Gasteiger partial charge on any atom is -0.384 e. The molecule has 0 radical (unpaired) electrons. The Kier molecular flexibility index (Phi) is 4.85. The van der Waals surface area contributed by atoms with E-state index < -0.39 is 23.8 Å². The van der Waals surface area contributed by atoms with Crippen LogP contribution in [0.4, 0.5) is 30.4 Å². The fourth-order valence-electron chi connectivity index (χ4n) is 3.98. The van der Waals surface area contributed by atoms with E-state index in [4.69, 9.17) is 0 Å². The van der Waals surface area contributed by atoms with Gasteiger partial charge in [-0.2, -0.15) is 13.2 Å². The normalized spacial score (nSPS) is 22.1. The molecule has 1 amide bonds. The van der Waals surface area contributed by atoms with E-state index in [1.54, 1.807) is 12.3 Å². The molecule has 4 rings (SSSR count). The predicted octanol–water partition coefficient (Wildman–Crippen LogP) is 2.70. The number of carbonyl (C=O) groups excluding carboxylic acids is 1. The van der Waals surface area contributed by atoms with Gasteiger partial charge in [-0.05, 0) is 49.7 Å². The summed E-state index contributed by atoms with van der Waals surface area (Å²) in [5.74, 6) is 0.313. The quantitative estimate of drug-likeness (QED) is 0.821. The Hall–Kier alpha value is -2.81. The van der Waals surface area contributed by atoms with Crippen LogP contribution < -0.4 is 15.1 Å². The molecule has 1 aromatic heterocycles. The molecule has 154 valence electrons. The number of amides is 1. The van der Waals surface area contributed by atoms with Crippen LogP contribution in [-0.2, 0) is 11.0 Å². The molecule has 2 aliphatic heterocycles. The maximum absolute atomic E-state index is 12.9. The van der Waals surface area contributed by atoms with Crippen molar-refractivity contribution in [1.29, 1.82) is 0 Å². The lowest BCUT2D eigenvalue weighted by atomic mass is 10.1. The van der Waals surface area contributed by atoms with E-state index in [0.29, 0.717) is 25.2 Å². The average Bonchev–Trinajstić information content (AvgIpc) is 3.09. The lowest BCUT2D eigenvalue weighted by Gasteiger charge is -2.40. The van der Waals surface area contributed by atoms with E-state index in [0.717, 1.165) is 23.6 Å². The molecule has 9 heteroatoms. The van der Waals surface area contributed by atoms with Gasteiger partial charge < -0.3 is 20.2 Å². The molecule has 0 spiro atoms. The van der Waals surface area contributed by atoms with Crippen molar-refractivity contribution in [3.63, 3.8) is 0 Å². The Morgan fingerprint density at radius 3 is 2.62 bits per heavy atom. The summed E-state index contributed by atoms with van der Waals surface area (Å²) in [6.07, 6.45) is -3.13. The first-order valence-corrected chi connectivity index (χ1v) is 9.39. The van der Waals surface area contributed by atoms with Gasteiger partial charge in [0.2, 0.25) is 5.91 Å². The first-order chi connectivity index (χ1) is 13.7. The third-order valence-electron chi connectivity index (χ3n) is 5.37. The van der Waals surface area contributed by atoms with Gasteiger partial charge in [0, 0.05) is 31.0 Å². The number of benzene rings is 1. The molecule has 3 heterocycles. The number of alkyl halides is 3. The number of aromatic nitrogens is 1. The van der Waals surface area contributed by atoms with E-state index in [-0.39, 0.29) is 12.1 Å². The number of pyridine rings is 1. The second kappa shape index (κ2) is 7.22. The van der Waals surface area contributed by atoms with Crippen molar-refractivity contribution in [2.24, 2.45) is 0 Å². The Morgan fingerprint density at radius 1 is 1.24 bits per heavy atom. The molecular weight excluding hydrogens is 385 g/mol. The number of carbonyl (C=O) groups is 1. The van der Waals surface area contributed by atoms with E-state index in [9.17, 15) is 23.1 Å². The standard InChI is InChI=1S/C20H21F3N4O2/c1-12(28)19(29)25-14-9-16-11-26(15-6-4-13(5-7-15)20(21,22)23)17-3-2-8-24-18(17)27(16)10-14/h2-8,12,14,16,28H,9-11H2,1H3,(H,25,29)/t12-,14+,16+/m0/s1. The molecule has 1 saturated heterocycles. The Labute approximate surface area is 166 Å². The zero-order chi connectivity index (χ0) is 20.8. The van der Waals surface area contributed by atoms with Gasteiger partial charge in [0.15, 0.2) is 5.82 Å². The molecule has 29 heavy (non-hydrogen) atoms. The van der Waals surface area contributed by atoms with Gasteiger partial charge in [-0.1, -0.05) is 0 Å². The number of hydrogen-bond donors (Lipinski definition) is 2. The highest BCUT2D eigenvalue weighted by molar-refractivity contribution is 5.81. The zero-order valence-electron chi connectivity index (χ0n) is 15.7. The molecule has 0 unspecified atom stereocenters. The molecule has 0 bridgehead atoms. The Bertz CT molecular complexity index is 901. The number of fused-ring (bicyclic) bond motifs is 3. The minimum absolute atomic E-state index is 0.0407. The number of hydrogen-bond acceptors (Lipinski definition) is 5. The lowest BCUT2D eigenvalue weighted by Crippen LogP contribution is -2.44. The van der Waals surface area contributed by atoms with Gasteiger partial charge in [-0.25, -0.2) is 4.98 Å². The number of nitrogens with one attached hydrogen (secondary N) is 1. The van der Waals surface area contributed by atoms with Gasteiger partial charge in [0.1, 0.15) is 6.10 Å². The molecular formula is C20H21F3N4O2. The Morgan fingerprint density at radius 2 is 1.97 bits per heavy atom. The predicted molar refractivity (Wildman–Crippen MR) is 102 cm³/mol. The third-order valence-corrected chi connectivity index (χ3v) is 5.37. The summed E-state index contributed by atoms with van der Waals surface area (Å²) in [5.41, 5.74) is 0.780. The van der Waals surface area contributed by atoms with Crippen LogP contribution >= 0.6 is 0 Å². The maximum atomic E-state index is 12.9. The van der Waals surface area contributed by atoms with E-state index in [1.807, 2.05) is 11.0 Å². The largest absolute Gasteiger partial charge is 0.416 e. The minimum atomic E-state index is -4.38. The van der Waals surface area contributed by atoms with Crippen LogP contribution in [0, 0.1) is 0 Å². The first-order valence-electron chi connectivity index (χ1n) is 9.39. The van der Waals surface area contributed by atoms with Crippen molar-refractivity contribution in [3.05, 3.63) is 48.2 Å². The van der Waals surface area contributed by atoms with Gasteiger partial charge in [0.25, 0.3) is 0 Å². The van der Waals surface area contributed by atoms with Crippen molar-refractivity contribution in [3.8, 4) is 0 Å². The summed E-state index contributed by atoms with van der Waals surface area (Å²) in [7, 11) is 0. The number of halogens is 3. The summed E-state index contributed by atoms with van der Waals surface area (Å²) in [4.78, 5) is 20.4. The van der Waals surface area contributed by atoms with Crippen molar-refractivity contribution >= 4 is 23.1 Å². The second-order valence-electron chi connectivity index (χ2n) is 7.42. The number of aliphatic hydroxyl groups excluding tert-OH is 1. The van der Waals surface area contributed by atoms with Crippen molar-refractivity contribution < 1.29 is 23.1 Å². The highest BCUT2D eigenvalue weighted by Gasteiger charge is 2.40. The van der Waals surface area contributed by atoms with E-state index >= 15 is 0 Å². The van der Waals surface area contributed by atoms with Gasteiger partial charge >= 0.3 is 6.18 Å². The summed E-state index contributed by atoms with van der Waals surface area (Å²) in [6.45, 7) is 2.54. The smallest absolute Gasteiger partial charge is 0.384 e. The van der Waals surface area contributed by atoms with Crippen LogP contribution in [0.3, 0.4) is 0 Å². The summed E-state index contributed by atoms with van der Waals surface area (Å²) >= 11 is 0. The summed E-state index contributed by atoms with van der Waals surface area (Å²) in [6, 6.07) is 8.68. The highest BCUT2D eigenvalue weighted by Crippen LogP contribution is 2.42. The second-order valence-corrected chi connectivity index (χ2v) is 7.42. The molecule has 2 aliphatic rings. The topological polar surface area (TPSA) is 68.7 Å². The molecule has 1 fully saturated rings. The van der Waals surface area contributed by atoms with Crippen LogP contribution in [0.5, 0.6) is 0 Å². The molecule has 0 saturated carbocycles. The van der Waals surface area contributed by atoms with Crippen molar-refractivity contribution in [1.82, 2.24) is 10.3 Å². The summed E-state index contributed by atoms with van der Waals surface area (Å²) < 4.78 is 38.7. The number of rotatable bonds is 3. The Balaban J connectivity index is 1.61. The monoisotopic (exact) mass is 406 g/mol. The SMILES string of the molecule is C[C@H](O)C(=O)N[C@@H]1C[C@@H]2CN(c3ccc(C(F)(F)F)cc3)c3cccnc3N2C1. The molecule has 0 aliphatic carbocycles. The van der Waals surface area contributed by atoms with Crippen LogP contribution in [0.1, 0.15) is 18.9 Å². The first kappa shape index (κ1) is 19.5. The summed E-state index contributed by atoms with van der Waals surface area (Å²) in [5, 5.41) is 12.3. The lowest BCUT2D eigenvalue weighted by molar-refractivity contribution is -0.137. The number of nitrogens with zero attached hydrogens (tertiary/aromatic N) is 3. The van der Waals surface area contributed by atoms with Gasteiger partial charge in [-0.3, -0.25) is 4.79 Å². The molecule has 6 nitrogen and oxygen atoms in total. The molecule has 1 aromatic carbocycles. The molecule has 2 aromatic rings. The van der Waals surface area contributed by atoms with Gasteiger partial charge in [-0.15, -0.1) is 0 Å². The van der Waals surface area contributed by atoms with Crippen LogP contribution in [0.25, 0.3) is 0 Å². The fourth-order valence-corrected chi connectivity index (χ4v) is 3.98. The maximum Gasteiger partial charge on any atom is 0.416 e. The number of anilines is 3. The highest BCUT2D eigenvalue weighted by atomic mass is 19.4. The van der Waals surface area contributed by atoms with Crippen molar-refractivity contribution in [2.45, 2.75) is 37.7 Å². The molecule has 3 atom stereocenters. The van der Waals surface area contributed by atoms with Gasteiger partial charge in [0.05, 0.1) is 17.3 Å². The third kappa shape index (κ3) is 3.74. The average molecular weight is 406 g/mol. The van der Waals surface area contributed by atoms with Crippen molar-refractivity contribution in [2.75, 3.05) is 22.9 Å². The van der Waals surface area contributed by atoms with Crippen LogP contribution in [0.2, 0.25) is 0 Å². The fraction of sp³-hybridized carbons (Fsp3) is 0.400. The number of aliphatic hydroxyl groups is 1. The molecule has 2 N–H and O–H groups in total. The van der Waals surface area contributed by atoms with Crippen LogP contribution in [-0.4, -0.2) is 47.3 Å².